The SMILES string of the molecule is CC.CC.O=S(=O)(Cl)Cc1ccccc1Cl. The van der Waals surface area contributed by atoms with E-state index in [1.807, 2.05) is 27.7 Å². The molecule has 0 spiro atoms. The fourth-order valence-electron chi connectivity index (χ4n) is 0.801. The predicted octanol–water partition coefficient (Wildman–Crippen LogP) is 4.46. The maximum atomic E-state index is 10.7. The second kappa shape index (κ2) is 9.94. The molecule has 5 heteroatoms. The summed E-state index contributed by atoms with van der Waals surface area (Å²) in [6.07, 6.45) is 0. The topological polar surface area (TPSA) is 34.1 Å². The summed E-state index contributed by atoms with van der Waals surface area (Å²) in [5.41, 5.74) is 0.522. The lowest BCUT2D eigenvalue weighted by molar-refractivity contribution is 0.609. The molecule has 1 rings (SSSR count). The number of hydrogen-bond donors (Lipinski definition) is 0. The summed E-state index contributed by atoms with van der Waals surface area (Å²) >= 11 is 5.71. The van der Waals surface area contributed by atoms with Gasteiger partial charge in [-0.3, -0.25) is 0 Å². The Morgan fingerprint density at radius 2 is 1.50 bits per heavy atom. The quantitative estimate of drug-likeness (QED) is 0.752. The van der Waals surface area contributed by atoms with Crippen molar-refractivity contribution in [1.82, 2.24) is 0 Å². The Labute approximate surface area is 108 Å². The Balaban J connectivity index is 0. The molecule has 0 aliphatic heterocycles. The molecule has 0 N–H and O–H groups in total. The van der Waals surface area contributed by atoms with E-state index in [2.05, 4.69) is 0 Å². The summed E-state index contributed by atoms with van der Waals surface area (Å²) in [5, 5.41) is 0.418. The van der Waals surface area contributed by atoms with Crippen molar-refractivity contribution < 1.29 is 8.42 Å². The van der Waals surface area contributed by atoms with Crippen molar-refractivity contribution in [3.8, 4) is 0 Å². The van der Waals surface area contributed by atoms with E-state index >= 15 is 0 Å². The molecule has 0 bridgehead atoms. The van der Waals surface area contributed by atoms with Crippen LogP contribution in [-0.4, -0.2) is 8.42 Å². The molecular formula is C11H18Cl2O2S. The summed E-state index contributed by atoms with van der Waals surface area (Å²) in [7, 11) is 1.54. The molecular weight excluding hydrogens is 267 g/mol. The molecule has 1 aromatic rings. The molecule has 1 aromatic carbocycles. The van der Waals surface area contributed by atoms with E-state index in [4.69, 9.17) is 22.3 Å². The van der Waals surface area contributed by atoms with Crippen LogP contribution in [0.2, 0.25) is 5.02 Å². The molecule has 0 aliphatic carbocycles. The Morgan fingerprint density at radius 3 is 1.88 bits per heavy atom. The van der Waals surface area contributed by atoms with Gasteiger partial charge in [-0.15, -0.1) is 0 Å². The summed E-state index contributed by atoms with van der Waals surface area (Å²) in [6.45, 7) is 8.00. The van der Waals surface area contributed by atoms with Gasteiger partial charge in [-0.1, -0.05) is 57.5 Å². The van der Waals surface area contributed by atoms with Gasteiger partial charge < -0.3 is 0 Å². The van der Waals surface area contributed by atoms with Crippen molar-refractivity contribution in [2.24, 2.45) is 0 Å². The zero-order valence-electron chi connectivity index (χ0n) is 10.00. The molecule has 0 fully saturated rings. The highest BCUT2D eigenvalue weighted by Crippen LogP contribution is 2.18. The summed E-state index contributed by atoms with van der Waals surface area (Å²) < 4.78 is 21.3. The highest BCUT2D eigenvalue weighted by Gasteiger charge is 2.08. The molecule has 0 radical (unpaired) electrons. The van der Waals surface area contributed by atoms with Crippen molar-refractivity contribution in [1.29, 1.82) is 0 Å². The fraction of sp³-hybridized carbons (Fsp3) is 0.455. The van der Waals surface area contributed by atoms with Gasteiger partial charge >= 0.3 is 0 Å². The van der Waals surface area contributed by atoms with Gasteiger partial charge in [0, 0.05) is 15.7 Å². The lowest BCUT2D eigenvalue weighted by atomic mass is 10.2. The monoisotopic (exact) mass is 284 g/mol. The van der Waals surface area contributed by atoms with Gasteiger partial charge in [-0.25, -0.2) is 8.42 Å². The van der Waals surface area contributed by atoms with Gasteiger partial charge in [0.05, 0.1) is 5.75 Å². The Hall–Kier alpha value is -0.250. The van der Waals surface area contributed by atoms with Crippen LogP contribution in [-0.2, 0) is 14.8 Å². The van der Waals surface area contributed by atoms with E-state index in [-0.39, 0.29) is 5.75 Å². The van der Waals surface area contributed by atoms with Crippen molar-refractivity contribution in [3.05, 3.63) is 34.9 Å². The fourth-order valence-corrected chi connectivity index (χ4v) is 2.06. The van der Waals surface area contributed by atoms with Crippen LogP contribution in [0.4, 0.5) is 0 Å². The van der Waals surface area contributed by atoms with Crippen LogP contribution in [0.3, 0.4) is 0 Å². The van der Waals surface area contributed by atoms with Crippen LogP contribution in [0.15, 0.2) is 24.3 Å². The smallest absolute Gasteiger partial charge is 0.212 e. The van der Waals surface area contributed by atoms with Gasteiger partial charge in [0.1, 0.15) is 0 Å². The lowest BCUT2D eigenvalue weighted by Crippen LogP contribution is -1.95. The predicted molar refractivity (Wildman–Crippen MR) is 72.6 cm³/mol. The van der Waals surface area contributed by atoms with Crippen LogP contribution in [0, 0.1) is 0 Å². The van der Waals surface area contributed by atoms with Crippen LogP contribution in [0.1, 0.15) is 33.3 Å². The lowest BCUT2D eigenvalue weighted by Gasteiger charge is -1.99. The van der Waals surface area contributed by atoms with E-state index in [9.17, 15) is 8.42 Å². The average Bonchev–Trinajstić information content (AvgIpc) is 2.26. The Kier molecular flexibility index (Phi) is 11.3. The van der Waals surface area contributed by atoms with Gasteiger partial charge in [0.15, 0.2) is 0 Å². The molecule has 94 valence electrons. The number of halogens is 2. The summed E-state index contributed by atoms with van der Waals surface area (Å²) in [6, 6.07) is 6.69. The first-order chi connectivity index (χ1) is 7.49. The third-order valence-corrected chi connectivity index (χ3v) is 2.64. The second-order valence-electron chi connectivity index (χ2n) is 2.27. The maximum absolute atomic E-state index is 10.7. The molecule has 16 heavy (non-hydrogen) atoms. The van der Waals surface area contributed by atoms with E-state index in [1.165, 1.54) is 0 Å². The largest absolute Gasteiger partial charge is 0.236 e. The molecule has 0 saturated heterocycles. The molecule has 0 saturated carbocycles. The van der Waals surface area contributed by atoms with E-state index in [0.717, 1.165) is 0 Å². The minimum atomic E-state index is -3.51. The molecule has 0 aliphatic rings. The minimum Gasteiger partial charge on any atom is -0.212 e. The van der Waals surface area contributed by atoms with Gasteiger partial charge in [0.2, 0.25) is 9.05 Å². The number of benzene rings is 1. The third kappa shape index (κ3) is 9.01. The summed E-state index contributed by atoms with van der Waals surface area (Å²) in [5.74, 6) is -0.228. The van der Waals surface area contributed by atoms with Gasteiger partial charge in [-0.05, 0) is 11.6 Å². The number of rotatable bonds is 2. The second-order valence-corrected chi connectivity index (χ2v) is 5.46. The average molecular weight is 285 g/mol. The Bertz CT molecular complexity index is 375. The normalized spacial score (nSPS) is 9.38. The zero-order valence-corrected chi connectivity index (χ0v) is 12.3. The highest BCUT2D eigenvalue weighted by atomic mass is 35.7. The molecule has 0 amide bonds. The standard InChI is InChI=1S/C7H6Cl2O2S.2C2H6/c8-7-4-2-1-3-6(7)5-12(9,10)11;2*1-2/h1-4H,5H2;2*1-2H3. The van der Waals surface area contributed by atoms with E-state index < -0.39 is 9.05 Å². The molecule has 2 nitrogen and oxygen atoms in total. The van der Waals surface area contributed by atoms with Gasteiger partial charge in [-0.2, -0.15) is 0 Å². The maximum Gasteiger partial charge on any atom is 0.236 e. The molecule has 0 aromatic heterocycles. The van der Waals surface area contributed by atoms with Crippen LogP contribution in [0.5, 0.6) is 0 Å². The molecule has 0 unspecified atom stereocenters. The zero-order chi connectivity index (χ0) is 13.2. The van der Waals surface area contributed by atoms with Gasteiger partial charge in [0.25, 0.3) is 0 Å². The summed E-state index contributed by atoms with van der Waals surface area (Å²) in [4.78, 5) is 0. The first-order valence-electron chi connectivity index (χ1n) is 5.15. The third-order valence-electron chi connectivity index (χ3n) is 1.29. The number of hydrogen-bond acceptors (Lipinski definition) is 2. The van der Waals surface area contributed by atoms with Crippen molar-refractivity contribution in [2.75, 3.05) is 0 Å². The highest BCUT2D eigenvalue weighted by molar-refractivity contribution is 8.13. The Morgan fingerprint density at radius 1 is 1.06 bits per heavy atom. The van der Waals surface area contributed by atoms with Crippen LogP contribution < -0.4 is 0 Å². The van der Waals surface area contributed by atoms with Crippen LogP contribution in [0.25, 0.3) is 0 Å². The van der Waals surface area contributed by atoms with Crippen molar-refractivity contribution in [2.45, 2.75) is 33.4 Å². The minimum absolute atomic E-state index is 0.228. The van der Waals surface area contributed by atoms with E-state index in [1.54, 1.807) is 24.3 Å². The first-order valence-corrected chi connectivity index (χ1v) is 8.00. The van der Waals surface area contributed by atoms with E-state index in [0.29, 0.717) is 10.6 Å². The molecule has 0 heterocycles. The van der Waals surface area contributed by atoms with Crippen LogP contribution >= 0.6 is 22.3 Å². The van der Waals surface area contributed by atoms with Crippen molar-refractivity contribution in [3.63, 3.8) is 0 Å². The first kappa shape index (κ1) is 18.1. The molecule has 0 atom stereocenters. The van der Waals surface area contributed by atoms with Crippen molar-refractivity contribution >= 4 is 31.3 Å².